The van der Waals surface area contributed by atoms with Crippen molar-refractivity contribution in [3.05, 3.63) is 118 Å². The summed E-state index contributed by atoms with van der Waals surface area (Å²) in [5, 5.41) is 9.99. The van der Waals surface area contributed by atoms with Gasteiger partial charge in [-0.05, 0) is 75.6 Å². The highest BCUT2D eigenvalue weighted by molar-refractivity contribution is 6.09. The molecule has 6 rings (SSSR count). The van der Waals surface area contributed by atoms with Crippen molar-refractivity contribution in [2.24, 2.45) is 0 Å². The molecule has 3 amide bonds. The predicted octanol–water partition coefficient (Wildman–Crippen LogP) is 6.19. The Labute approximate surface area is 286 Å². The maximum absolute atomic E-state index is 13.2. The maximum atomic E-state index is 13.2. The first kappa shape index (κ1) is 35.6. The number of amides is 3. The highest BCUT2D eigenvalue weighted by Crippen LogP contribution is 2.34. The molecule has 1 atom stereocenters. The summed E-state index contributed by atoms with van der Waals surface area (Å²) < 4.78 is 45.4. The van der Waals surface area contributed by atoms with Gasteiger partial charge in [-0.25, -0.2) is 9.48 Å². The van der Waals surface area contributed by atoms with Crippen LogP contribution in [0.15, 0.2) is 96.1 Å². The molecule has 0 saturated heterocycles. The fourth-order valence-corrected chi connectivity index (χ4v) is 5.96. The first-order chi connectivity index (χ1) is 23.9. The number of anilines is 2. The summed E-state index contributed by atoms with van der Waals surface area (Å²) in [6.45, 7) is 3.99. The summed E-state index contributed by atoms with van der Waals surface area (Å²) in [4.78, 5) is 51.0. The Morgan fingerprint density at radius 1 is 0.920 bits per heavy atom. The number of aryl methyl sites for hydroxylation is 1. The zero-order valence-corrected chi connectivity index (χ0v) is 27.7. The van der Waals surface area contributed by atoms with E-state index < -0.39 is 29.7 Å². The molecule has 0 fully saturated rings. The van der Waals surface area contributed by atoms with E-state index in [1.807, 2.05) is 74.5 Å². The normalized spacial score (nSPS) is 15.5. The van der Waals surface area contributed by atoms with E-state index in [9.17, 15) is 32.3 Å². The number of carbonyl (C=O) groups excluding carboxylic acids is 4. The van der Waals surface area contributed by atoms with Gasteiger partial charge in [0.05, 0.1) is 24.1 Å². The van der Waals surface area contributed by atoms with Crippen LogP contribution in [0, 0.1) is 6.92 Å². The van der Waals surface area contributed by atoms with Crippen molar-refractivity contribution in [1.82, 2.24) is 15.1 Å². The minimum absolute atomic E-state index is 0.154. The molecular formula is C37H36F3N5O5. The Hall–Kier alpha value is -5.72. The molecular weight excluding hydrogens is 651 g/mol. The number of benzene rings is 3. The summed E-state index contributed by atoms with van der Waals surface area (Å²) in [5.41, 5.74) is 3.03. The van der Waals surface area contributed by atoms with Gasteiger partial charge in [-0.15, -0.1) is 0 Å². The van der Waals surface area contributed by atoms with Crippen molar-refractivity contribution in [1.29, 1.82) is 0 Å². The van der Waals surface area contributed by atoms with Crippen molar-refractivity contribution in [3.8, 4) is 5.69 Å². The Balaban J connectivity index is 0.000000228. The zero-order valence-electron chi connectivity index (χ0n) is 27.7. The first-order valence-electron chi connectivity index (χ1n) is 16.0. The molecule has 2 aliphatic rings. The lowest BCUT2D eigenvalue weighted by atomic mass is 9.99. The van der Waals surface area contributed by atoms with Crippen LogP contribution in [0.25, 0.3) is 5.69 Å². The zero-order chi connectivity index (χ0) is 36.0. The molecule has 1 unspecified atom stereocenters. The molecule has 1 aliphatic carbocycles. The van der Waals surface area contributed by atoms with E-state index in [1.54, 1.807) is 9.58 Å². The Morgan fingerprint density at radius 3 is 2.22 bits per heavy atom. The fourth-order valence-electron chi connectivity index (χ4n) is 5.96. The Morgan fingerprint density at radius 2 is 1.58 bits per heavy atom. The Kier molecular flexibility index (Phi) is 10.8. The summed E-state index contributed by atoms with van der Waals surface area (Å²) in [6.07, 6.45) is -2.29. The molecule has 260 valence electrons. The largest absolute Gasteiger partial charge is 0.466 e. The van der Waals surface area contributed by atoms with Crippen LogP contribution >= 0.6 is 0 Å². The van der Waals surface area contributed by atoms with Crippen molar-refractivity contribution >= 4 is 35.2 Å². The summed E-state index contributed by atoms with van der Waals surface area (Å²) in [5.74, 6) is -1.03. The van der Waals surface area contributed by atoms with Crippen molar-refractivity contribution in [2.45, 2.75) is 51.7 Å². The smallest absolute Gasteiger partial charge is 0.416 e. The van der Waals surface area contributed by atoms with E-state index in [-0.39, 0.29) is 23.8 Å². The lowest BCUT2D eigenvalue weighted by Gasteiger charge is -2.32. The number of hydrogen-bond acceptors (Lipinski definition) is 6. The molecule has 10 nitrogen and oxygen atoms in total. The number of methoxy groups -OCH3 is 1. The van der Waals surface area contributed by atoms with E-state index in [4.69, 9.17) is 0 Å². The minimum Gasteiger partial charge on any atom is -0.466 e. The van der Waals surface area contributed by atoms with Crippen molar-refractivity contribution in [3.63, 3.8) is 0 Å². The summed E-state index contributed by atoms with van der Waals surface area (Å²) in [6, 6.07) is 21.8. The van der Waals surface area contributed by atoms with Crippen LogP contribution in [0.3, 0.4) is 0 Å². The number of fused-ring (bicyclic) bond motifs is 1. The monoisotopic (exact) mass is 687 g/mol. The molecule has 50 heavy (non-hydrogen) atoms. The number of carbonyl (C=O) groups is 4. The van der Waals surface area contributed by atoms with Gasteiger partial charge in [-0.3, -0.25) is 19.3 Å². The molecule has 2 heterocycles. The van der Waals surface area contributed by atoms with Crippen LogP contribution in [-0.4, -0.2) is 53.2 Å². The van der Waals surface area contributed by atoms with Gasteiger partial charge in [0.25, 0.3) is 17.7 Å². The third-order valence-electron chi connectivity index (χ3n) is 8.42. The Bertz CT molecular complexity index is 1920. The van der Waals surface area contributed by atoms with E-state index in [1.165, 1.54) is 19.2 Å². The number of halogens is 3. The van der Waals surface area contributed by atoms with Crippen LogP contribution in [0.5, 0.6) is 0 Å². The molecule has 3 aromatic carbocycles. The van der Waals surface area contributed by atoms with Crippen LogP contribution in [0.4, 0.5) is 24.7 Å². The lowest BCUT2D eigenvalue weighted by molar-refractivity contribution is -0.138. The number of aromatic nitrogens is 2. The van der Waals surface area contributed by atoms with Crippen molar-refractivity contribution < 1.29 is 37.1 Å². The molecule has 2 N–H and O–H groups in total. The van der Waals surface area contributed by atoms with E-state index >= 15 is 0 Å². The van der Waals surface area contributed by atoms with Gasteiger partial charge in [0, 0.05) is 40.9 Å². The average Bonchev–Trinajstić information content (AvgIpc) is 3.74. The fraction of sp³-hybridized carbons (Fsp3) is 0.270. The second-order valence-corrected chi connectivity index (χ2v) is 11.6. The van der Waals surface area contributed by atoms with Gasteiger partial charge in [-0.1, -0.05) is 42.5 Å². The van der Waals surface area contributed by atoms with Crippen LogP contribution in [0.2, 0.25) is 0 Å². The SMILES string of the molecule is CCN1C(=O)C(NC(=O)c2cccc(C(F)(F)F)c2)Cc2c(C)nn(-c3ccccc3)c21.COC(=O)C1=C(C(=O)Nc2ccccc2)CCC1. The van der Waals surface area contributed by atoms with Crippen LogP contribution in [-0.2, 0) is 31.7 Å². The van der Waals surface area contributed by atoms with Crippen molar-refractivity contribution in [2.75, 3.05) is 23.9 Å². The third kappa shape index (κ3) is 7.77. The summed E-state index contributed by atoms with van der Waals surface area (Å²) >= 11 is 0. The summed E-state index contributed by atoms with van der Waals surface area (Å²) in [7, 11) is 1.33. The van der Waals surface area contributed by atoms with Gasteiger partial charge >= 0.3 is 12.1 Å². The molecule has 0 spiro atoms. The number of esters is 1. The van der Waals surface area contributed by atoms with Gasteiger partial charge < -0.3 is 15.4 Å². The molecule has 4 aromatic rings. The van der Waals surface area contributed by atoms with Gasteiger partial charge in [-0.2, -0.15) is 18.3 Å². The van der Waals surface area contributed by atoms with Gasteiger partial charge in [0.1, 0.15) is 11.9 Å². The number of hydrogen-bond donors (Lipinski definition) is 2. The second kappa shape index (κ2) is 15.2. The molecule has 1 aliphatic heterocycles. The third-order valence-corrected chi connectivity index (χ3v) is 8.42. The standard InChI is InChI=1S/C23H21F3N4O2.C14H15NO3/c1-3-29-21-18(14(2)28-30(21)17-10-5-4-6-11-17)13-19(22(29)32)27-20(31)15-8-7-9-16(12-15)23(24,25)26;1-18-14(17)12-9-5-8-11(12)13(16)15-10-6-3-2-4-7-10/h4-12,19H,3,13H2,1-2H3,(H,27,31);2-4,6-7H,5,8-9H2,1H3,(H,15,16). The topological polar surface area (TPSA) is 123 Å². The highest BCUT2D eigenvalue weighted by atomic mass is 19.4. The van der Waals surface area contributed by atoms with Crippen LogP contribution in [0.1, 0.15) is 53.4 Å². The first-order valence-corrected chi connectivity index (χ1v) is 16.0. The number of alkyl halides is 3. The number of likely N-dealkylation sites (N-methyl/N-ethyl adjacent to an activating group) is 1. The number of nitrogens with zero attached hydrogens (tertiary/aromatic N) is 3. The molecule has 0 radical (unpaired) electrons. The number of nitrogens with one attached hydrogen (secondary N) is 2. The minimum atomic E-state index is -4.56. The van der Waals surface area contributed by atoms with E-state index in [0.717, 1.165) is 35.5 Å². The highest BCUT2D eigenvalue weighted by Gasteiger charge is 2.38. The van der Waals surface area contributed by atoms with Gasteiger partial charge in [0.15, 0.2) is 0 Å². The van der Waals surface area contributed by atoms with Crippen LogP contribution < -0.4 is 15.5 Å². The number of para-hydroxylation sites is 2. The molecule has 13 heteroatoms. The van der Waals surface area contributed by atoms with E-state index in [0.29, 0.717) is 42.0 Å². The number of ether oxygens (including phenoxy) is 1. The van der Waals surface area contributed by atoms with E-state index in [2.05, 4.69) is 20.5 Å². The lowest BCUT2D eigenvalue weighted by Crippen LogP contribution is -2.53. The number of rotatable bonds is 7. The predicted molar refractivity (Wildman–Crippen MR) is 181 cm³/mol. The average molecular weight is 688 g/mol. The quantitative estimate of drug-likeness (QED) is 0.224. The molecule has 0 saturated carbocycles. The molecule has 1 aromatic heterocycles. The van der Waals surface area contributed by atoms with Gasteiger partial charge in [0.2, 0.25) is 0 Å². The maximum Gasteiger partial charge on any atom is 0.416 e. The molecule has 0 bridgehead atoms. The second-order valence-electron chi connectivity index (χ2n) is 11.6.